The van der Waals surface area contributed by atoms with Gasteiger partial charge in [0.15, 0.2) is 0 Å². The van der Waals surface area contributed by atoms with Gasteiger partial charge in [-0.15, -0.1) is 0 Å². The van der Waals surface area contributed by atoms with Crippen molar-refractivity contribution >= 4 is 12.4 Å². The summed E-state index contributed by atoms with van der Waals surface area (Å²) >= 11 is 0. The summed E-state index contributed by atoms with van der Waals surface area (Å²) in [5.74, 6) is 1.52. The van der Waals surface area contributed by atoms with E-state index in [0.717, 1.165) is 51.9 Å². The van der Waals surface area contributed by atoms with E-state index in [1.54, 1.807) is 17.3 Å². The van der Waals surface area contributed by atoms with E-state index in [2.05, 4.69) is 25.0 Å². The average Bonchev–Trinajstić information content (AvgIpc) is 3.36. The number of ether oxygens (including phenoxy) is 1. The number of anilines is 1. The van der Waals surface area contributed by atoms with Crippen LogP contribution in [0, 0.1) is 0 Å². The van der Waals surface area contributed by atoms with E-state index >= 15 is 0 Å². The molecule has 0 aliphatic carbocycles. The van der Waals surface area contributed by atoms with Crippen LogP contribution in [-0.4, -0.2) is 69.7 Å². The van der Waals surface area contributed by atoms with Gasteiger partial charge in [-0.05, 0) is 19.3 Å². The monoisotopic (exact) mass is 373 g/mol. The topological polar surface area (TPSA) is 124 Å². The summed E-state index contributed by atoms with van der Waals surface area (Å²) in [5, 5.41) is 3.98. The van der Waals surface area contributed by atoms with Crippen LogP contribution in [0.3, 0.4) is 0 Å². The van der Waals surface area contributed by atoms with Gasteiger partial charge in [-0.1, -0.05) is 5.16 Å². The molecule has 0 saturated carbocycles. The van der Waals surface area contributed by atoms with Crippen LogP contribution in [0.1, 0.15) is 25.2 Å². The van der Waals surface area contributed by atoms with Crippen molar-refractivity contribution in [1.82, 2.24) is 25.0 Å². The highest BCUT2D eigenvalue weighted by Gasteiger charge is 2.22. The first-order chi connectivity index (χ1) is 13.2. The van der Waals surface area contributed by atoms with Gasteiger partial charge in [0.25, 0.3) is 5.89 Å². The van der Waals surface area contributed by atoms with Crippen LogP contribution >= 0.6 is 0 Å². The van der Waals surface area contributed by atoms with Crippen molar-refractivity contribution in [3.05, 3.63) is 18.3 Å². The number of likely N-dealkylation sites (tertiary alicyclic amines) is 1. The van der Waals surface area contributed by atoms with Gasteiger partial charge in [0.2, 0.25) is 18.2 Å². The number of nitrogens with zero attached hydrogens (tertiary/aromatic N) is 6. The van der Waals surface area contributed by atoms with E-state index in [1.807, 2.05) is 0 Å². The number of piperidine rings is 1. The number of nitrogens with two attached hydrogens (primary N) is 1. The molecule has 2 N–H and O–H groups in total. The first-order valence-corrected chi connectivity index (χ1v) is 9.18. The zero-order chi connectivity index (χ0) is 18.6. The Morgan fingerprint density at radius 2 is 2.00 bits per heavy atom. The standard InChI is InChI=1S/C17H23N7O3/c18-13-1-6-24(9-13)17-19-7-12(8-20-17)16-21-15(27-22-16)10-26-14-2-4-23(11-25)5-3-14/h7-8,11,13-14H,1-6,9-10,18H2. The molecule has 0 radical (unpaired) electrons. The van der Waals surface area contributed by atoms with Gasteiger partial charge in [0.05, 0.1) is 11.7 Å². The van der Waals surface area contributed by atoms with Gasteiger partial charge >= 0.3 is 0 Å². The van der Waals surface area contributed by atoms with E-state index in [9.17, 15) is 4.79 Å². The van der Waals surface area contributed by atoms with Crippen LogP contribution in [-0.2, 0) is 16.1 Å². The van der Waals surface area contributed by atoms with Crippen LogP contribution in [0.15, 0.2) is 16.9 Å². The second-order valence-corrected chi connectivity index (χ2v) is 6.93. The number of aromatic nitrogens is 4. The lowest BCUT2D eigenvalue weighted by atomic mass is 10.1. The van der Waals surface area contributed by atoms with E-state index in [4.69, 9.17) is 15.0 Å². The third kappa shape index (κ3) is 4.22. The molecule has 2 aliphatic rings. The minimum absolute atomic E-state index is 0.103. The Morgan fingerprint density at radius 3 is 2.67 bits per heavy atom. The lowest BCUT2D eigenvalue weighted by Crippen LogP contribution is -2.35. The Bertz CT molecular complexity index is 758. The Morgan fingerprint density at radius 1 is 1.22 bits per heavy atom. The van der Waals surface area contributed by atoms with Gasteiger partial charge in [-0.2, -0.15) is 4.98 Å². The highest BCUT2D eigenvalue weighted by molar-refractivity contribution is 5.52. The molecule has 1 unspecified atom stereocenters. The molecule has 2 aromatic rings. The van der Waals surface area contributed by atoms with E-state index < -0.39 is 0 Å². The molecule has 1 atom stereocenters. The Kier molecular flexibility index (Phi) is 5.26. The molecular weight excluding hydrogens is 350 g/mol. The van der Waals surface area contributed by atoms with Crippen LogP contribution in [0.5, 0.6) is 0 Å². The average molecular weight is 373 g/mol. The van der Waals surface area contributed by atoms with Crippen molar-refractivity contribution in [1.29, 1.82) is 0 Å². The summed E-state index contributed by atoms with van der Waals surface area (Å²) in [7, 11) is 0. The predicted molar refractivity (Wildman–Crippen MR) is 95.6 cm³/mol. The first kappa shape index (κ1) is 17.8. The summed E-state index contributed by atoms with van der Waals surface area (Å²) in [6.45, 7) is 3.33. The Balaban J connectivity index is 1.32. The summed E-state index contributed by atoms with van der Waals surface area (Å²) in [6, 6.07) is 0.179. The first-order valence-electron chi connectivity index (χ1n) is 9.18. The Hall–Kier alpha value is -2.59. The minimum atomic E-state index is 0.103. The number of carbonyl (C=O) groups is 1. The smallest absolute Gasteiger partial charge is 0.252 e. The molecule has 4 rings (SSSR count). The highest BCUT2D eigenvalue weighted by atomic mass is 16.5. The number of hydrogen-bond donors (Lipinski definition) is 1. The van der Waals surface area contributed by atoms with Crippen LogP contribution in [0.2, 0.25) is 0 Å². The fourth-order valence-corrected chi connectivity index (χ4v) is 3.34. The maximum atomic E-state index is 10.7. The fourth-order valence-electron chi connectivity index (χ4n) is 3.34. The molecule has 10 nitrogen and oxygen atoms in total. The summed E-state index contributed by atoms with van der Waals surface area (Å²) in [4.78, 5) is 27.7. The zero-order valence-corrected chi connectivity index (χ0v) is 15.0. The third-order valence-corrected chi connectivity index (χ3v) is 4.94. The van der Waals surface area contributed by atoms with Crippen molar-refractivity contribution in [2.45, 2.75) is 38.0 Å². The molecule has 2 aromatic heterocycles. The molecule has 4 heterocycles. The summed E-state index contributed by atoms with van der Waals surface area (Å²) in [5.41, 5.74) is 6.61. The maximum absolute atomic E-state index is 10.7. The molecule has 27 heavy (non-hydrogen) atoms. The van der Waals surface area contributed by atoms with Crippen molar-refractivity contribution in [3.8, 4) is 11.4 Å². The molecule has 0 aromatic carbocycles. The lowest BCUT2D eigenvalue weighted by molar-refractivity contribution is -0.120. The molecule has 2 fully saturated rings. The van der Waals surface area contributed by atoms with Gasteiger partial charge < -0.3 is 24.8 Å². The lowest BCUT2D eigenvalue weighted by Gasteiger charge is -2.28. The van der Waals surface area contributed by atoms with Gasteiger partial charge in [-0.25, -0.2) is 9.97 Å². The third-order valence-electron chi connectivity index (χ3n) is 4.94. The van der Waals surface area contributed by atoms with E-state index in [-0.39, 0.29) is 18.8 Å². The number of amides is 1. The van der Waals surface area contributed by atoms with E-state index in [0.29, 0.717) is 23.2 Å². The molecule has 0 spiro atoms. The van der Waals surface area contributed by atoms with Gasteiger partial charge in [-0.3, -0.25) is 4.79 Å². The largest absolute Gasteiger partial charge is 0.368 e. The summed E-state index contributed by atoms with van der Waals surface area (Å²) in [6.07, 6.45) is 6.95. The second kappa shape index (κ2) is 7.97. The number of carbonyl (C=O) groups excluding carboxylic acids is 1. The quantitative estimate of drug-likeness (QED) is 0.707. The SMILES string of the molecule is NC1CCN(c2ncc(-c3noc(COC4CCN(C=O)CC4)n3)cn2)C1. The molecule has 2 aliphatic heterocycles. The zero-order valence-electron chi connectivity index (χ0n) is 15.0. The van der Waals surface area contributed by atoms with Crippen molar-refractivity contribution < 1.29 is 14.1 Å². The summed E-state index contributed by atoms with van der Waals surface area (Å²) < 4.78 is 11.1. The molecular formula is C17H23N7O3. The minimum Gasteiger partial charge on any atom is -0.368 e. The predicted octanol–water partition coefficient (Wildman–Crippen LogP) is 0.201. The molecule has 2 saturated heterocycles. The number of hydrogen-bond acceptors (Lipinski definition) is 9. The van der Waals surface area contributed by atoms with Crippen LogP contribution in [0.4, 0.5) is 5.95 Å². The maximum Gasteiger partial charge on any atom is 0.252 e. The van der Waals surface area contributed by atoms with E-state index in [1.165, 1.54) is 0 Å². The highest BCUT2D eigenvalue weighted by Crippen LogP contribution is 2.19. The molecule has 0 bridgehead atoms. The van der Waals surface area contributed by atoms with Crippen LogP contribution < -0.4 is 10.6 Å². The normalized spacial score (nSPS) is 21.0. The van der Waals surface area contributed by atoms with Crippen molar-refractivity contribution in [3.63, 3.8) is 0 Å². The second-order valence-electron chi connectivity index (χ2n) is 6.93. The van der Waals surface area contributed by atoms with Crippen molar-refractivity contribution in [2.75, 3.05) is 31.1 Å². The van der Waals surface area contributed by atoms with Gasteiger partial charge in [0.1, 0.15) is 6.61 Å². The van der Waals surface area contributed by atoms with Gasteiger partial charge in [0, 0.05) is 44.6 Å². The number of rotatable bonds is 6. The fraction of sp³-hybridized carbons (Fsp3) is 0.588. The Labute approximate surface area is 156 Å². The van der Waals surface area contributed by atoms with Crippen LogP contribution in [0.25, 0.3) is 11.4 Å². The molecule has 1 amide bonds. The molecule has 10 heteroatoms. The van der Waals surface area contributed by atoms with Crippen molar-refractivity contribution in [2.24, 2.45) is 5.73 Å². The molecule has 144 valence electrons.